The highest BCUT2D eigenvalue weighted by Gasteiger charge is 2.84. The van der Waals surface area contributed by atoms with Gasteiger partial charge in [0.15, 0.2) is 23.1 Å². The van der Waals surface area contributed by atoms with Crippen LogP contribution in [-0.2, 0) is 68.4 Å². The second kappa shape index (κ2) is 15.9. The third kappa shape index (κ3) is 7.91. The summed E-state index contributed by atoms with van der Waals surface area (Å²) >= 11 is 34.9. The van der Waals surface area contributed by atoms with E-state index < -0.39 is 134 Å². The number of ether oxygens (including phenoxy) is 9. The lowest BCUT2D eigenvalue weighted by Crippen LogP contribution is -2.82. The van der Waals surface area contributed by atoms with Gasteiger partial charge in [-0.3, -0.25) is 19.2 Å². The lowest BCUT2D eigenvalue weighted by atomic mass is 9.42. The molecule has 2 aliphatic heterocycles. The SMILES string of the molecule is CC(=O)O[C@@]12CO[C@@H]1C[C@H](OC(=O)OCC(Cl)(Cl)Cl)[C@@]1(C)C(=O)[C@H](OC(=O)OCC(Cl)(Cl)Cl)C3=C(C)C(=O)[C@@H]4OC(=O)O[C@]4([C@@H](C(=O)OCc4ccccc4)[C@H]21)C3(C)C. The summed E-state index contributed by atoms with van der Waals surface area (Å²) in [5.74, 6) is -7.92. The molecule has 6 rings (SSSR count). The maximum atomic E-state index is 15.8. The molecule has 3 aliphatic carbocycles. The summed E-state index contributed by atoms with van der Waals surface area (Å²) in [6, 6.07) is 8.42. The van der Waals surface area contributed by atoms with Crippen LogP contribution in [0.1, 0.15) is 46.6 Å². The van der Waals surface area contributed by atoms with Crippen LogP contribution in [0.15, 0.2) is 41.5 Å². The molecule has 9 atom stereocenters. The Hall–Kier alpha value is -3.25. The summed E-state index contributed by atoms with van der Waals surface area (Å²) in [5.41, 5.74) is -8.71. The number of benzene rings is 1. The molecule has 1 aromatic rings. The minimum atomic E-state index is -2.48. The van der Waals surface area contributed by atoms with E-state index in [1.54, 1.807) is 30.3 Å². The van der Waals surface area contributed by atoms with Gasteiger partial charge in [-0.15, -0.1) is 0 Å². The lowest BCUT2D eigenvalue weighted by molar-refractivity contribution is -0.336. The van der Waals surface area contributed by atoms with Gasteiger partial charge >= 0.3 is 30.4 Å². The van der Waals surface area contributed by atoms with Crippen molar-refractivity contribution >= 4 is 112 Å². The van der Waals surface area contributed by atoms with Crippen LogP contribution in [-0.4, -0.2) is 105 Å². The number of rotatable bonds is 8. The molecule has 2 heterocycles. The summed E-state index contributed by atoms with van der Waals surface area (Å²) in [4.78, 5) is 99.1. The molecule has 0 radical (unpaired) electrons. The fraction of sp³-hybridized carbons (Fsp3) is 0.595. The molecule has 322 valence electrons. The molecule has 2 saturated heterocycles. The number of carbonyl (C=O) groups excluding carboxylic acids is 7. The molecule has 2 saturated carbocycles. The van der Waals surface area contributed by atoms with E-state index in [1.165, 1.54) is 27.7 Å². The Morgan fingerprint density at radius 1 is 0.864 bits per heavy atom. The van der Waals surface area contributed by atoms with Gasteiger partial charge in [-0.25, -0.2) is 14.4 Å². The molecule has 2 bridgehead atoms. The predicted molar refractivity (Wildman–Crippen MR) is 204 cm³/mol. The van der Waals surface area contributed by atoms with Crippen molar-refractivity contribution in [3.63, 3.8) is 0 Å². The largest absolute Gasteiger partial charge is 0.509 e. The van der Waals surface area contributed by atoms with Gasteiger partial charge in [-0.1, -0.05) is 114 Å². The number of hydrogen-bond donors (Lipinski definition) is 0. The topological polar surface area (TPSA) is 203 Å². The van der Waals surface area contributed by atoms with Crippen molar-refractivity contribution in [3.8, 4) is 0 Å². The van der Waals surface area contributed by atoms with E-state index in [0.29, 0.717) is 5.56 Å². The predicted octanol–water partition coefficient (Wildman–Crippen LogP) is 6.64. The number of hydrogen-bond acceptors (Lipinski definition) is 16. The second-order valence-electron chi connectivity index (χ2n) is 15.4. The zero-order chi connectivity index (χ0) is 43.7. The lowest BCUT2D eigenvalue weighted by Gasteiger charge is -2.67. The van der Waals surface area contributed by atoms with Crippen molar-refractivity contribution in [2.75, 3.05) is 19.8 Å². The maximum Gasteiger partial charge on any atom is 0.509 e. The van der Waals surface area contributed by atoms with Crippen molar-refractivity contribution in [1.29, 1.82) is 0 Å². The number of ketones is 2. The van der Waals surface area contributed by atoms with E-state index in [0.717, 1.165) is 6.92 Å². The van der Waals surface area contributed by atoms with Crippen molar-refractivity contribution < 1.29 is 76.2 Å². The summed E-state index contributed by atoms with van der Waals surface area (Å²) in [6.45, 7) is 3.95. The van der Waals surface area contributed by atoms with E-state index in [4.69, 9.17) is 112 Å². The van der Waals surface area contributed by atoms with Gasteiger partial charge in [0.25, 0.3) is 0 Å². The van der Waals surface area contributed by atoms with Crippen molar-refractivity contribution in [2.24, 2.45) is 22.7 Å². The molecule has 59 heavy (non-hydrogen) atoms. The van der Waals surface area contributed by atoms with Gasteiger partial charge in [0.05, 0.1) is 12.0 Å². The number of Topliss-reactive ketones (excluding diaryl/α,β-unsaturated/α-hetero) is 2. The van der Waals surface area contributed by atoms with E-state index in [2.05, 4.69) is 0 Å². The first-order valence-corrected chi connectivity index (χ1v) is 20.1. The van der Waals surface area contributed by atoms with Gasteiger partial charge in [-0.05, 0) is 25.0 Å². The number of esters is 2. The monoisotopic (exact) mass is 946 g/mol. The Balaban J connectivity index is 1.65. The van der Waals surface area contributed by atoms with E-state index in [-0.39, 0.29) is 17.8 Å². The molecule has 16 nitrogen and oxygen atoms in total. The molecule has 22 heteroatoms. The van der Waals surface area contributed by atoms with Crippen molar-refractivity contribution in [3.05, 3.63) is 47.0 Å². The average Bonchev–Trinajstić information content (AvgIpc) is 3.50. The molecular formula is C37H36Cl6O16. The van der Waals surface area contributed by atoms with Gasteiger partial charge in [-0.2, -0.15) is 0 Å². The van der Waals surface area contributed by atoms with Crippen molar-refractivity contribution in [2.45, 2.75) is 90.8 Å². The van der Waals surface area contributed by atoms with E-state index in [9.17, 15) is 24.0 Å². The molecule has 0 N–H and O–H groups in total. The number of alkyl halides is 6. The van der Waals surface area contributed by atoms with E-state index in [1.807, 2.05) is 0 Å². The van der Waals surface area contributed by atoms with Crippen LogP contribution in [0.4, 0.5) is 14.4 Å². The summed E-state index contributed by atoms with van der Waals surface area (Å²) in [7, 11) is 0. The van der Waals surface area contributed by atoms with Crippen LogP contribution in [0.2, 0.25) is 0 Å². The van der Waals surface area contributed by atoms with Crippen LogP contribution in [0.5, 0.6) is 0 Å². The van der Waals surface area contributed by atoms with Gasteiger partial charge in [0.1, 0.15) is 37.9 Å². The summed E-state index contributed by atoms with van der Waals surface area (Å²) < 4.78 is 47.0. The van der Waals surface area contributed by atoms with Gasteiger partial charge in [0.2, 0.25) is 19.5 Å². The smallest absolute Gasteiger partial charge is 0.460 e. The van der Waals surface area contributed by atoms with Gasteiger partial charge in [0, 0.05) is 30.3 Å². The third-order valence-corrected chi connectivity index (χ3v) is 12.3. The number of halogens is 6. The Bertz CT molecular complexity index is 1980. The molecule has 4 fully saturated rings. The third-order valence-electron chi connectivity index (χ3n) is 11.6. The second-order valence-corrected chi connectivity index (χ2v) is 20.4. The number of fused-ring (bicyclic) bond motifs is 4. The Kier molecular flexibility index (Phi) is 12.2. The molecule has 1 spiro atoms. The highest BCUT2D eigenvalue weighted by atomic mass is 35.6. The van der Waals surface area contributed by atoms with E-state index >= 15 is 9.59 Å². The Morgan fingerprint density at radius 3 is 2.00 bits per heavy atom. The van der Waals surface area contributed by atoms with Crippen LogP contribution in [0.3, 0.4) is 0 Å². The molecule has 0 amide bonds. The average molecular weight is 949 g/mol. The quantitative estimate of drug-likeness (QED) is 0.152. The first kappa shape index (κ1) is 45.3. The Morgan fingerprint density at radius 2 is 1.46 bits per heavy atom. The molecular weight excluding hydrogens is 913 g/mol. The summed E-state index contributed by atoms with van der Waals surface area (Å²) in [6.07, 6.45) is -11.9. The minimum Gasteiger partial charge on any atom is -0.460 e. The molecule has 0 aromatic heterocycles. The van der Waals surface area contributed by atoms with Crippen molar-refractivity contribution in [1.82, 2.24) is 0 Å². The zero-order valence-corrected chi connectivity index (χ0v) is 36.2. The molecule has 0 unspecified atom stereocenters. The van der Waals surface area contributed by atoms with Crippen LogP contribution in [0.25, 0.3) is 0 Å². The van der Waals surface area contributed by atoms with Crippen LogP contribution >= 0.6 is 69.6 Å². The number of carbonyl (C=O) groups is 7. The first-order chi connectivity index (χ1) is 27.3. The first-order valence-electron chi connectivity index (χ1n) is 17.8. The standard InChI is InChI=1S/C37H36Cl6O16/c1-16-21-24(56-30(49)54-15-36(41,42)43)26(46)33(5)19(55-29(48)53-14-35(38,39)40)11-20-34(13-52-20,58-17(2)44)25(33)22(28(47)51-12-18-9-7-6-8-10-18)37(32(21,3)4)27(23(16)45)57-31(50)59-37/h6-10,19-20,22,24-25,27H,11-15H2,1-5H3/t19-,20+,22+,24+,25-,27-,33+,34-,37-/m0/s1. The van der Waals surface area contributed by atoms with Gasteiger partial charge < -0.3 is 42.6 Å². The van der Waals surface area contributed by atoms with Crippen LogP contribution in [0, 0.1) is 22.7 Å². The zero-order valence-electron chi connectivity index (χ0n) is 31.7. The summed E-state index contributed by atoms with van der Waals surface area (Å²) in [5, 5.41) is 0. The fourth-order valence-electron chi connectivity index (χ4n) is 9.32. The molecule has 5 aliphatic rings. The fourth-order valence-corrected chi connectivity index (χ4v) is 9.65. The highest BCUT2D eigenvalue weighted by molar-refractivity contribution is 6.68. The minimum absolute atomic E-state index is 0.227. The Labute approximate surface area is 366 Å². The molecule has 1 aromatic carbocycles. The van der Waals surface area contributed by atoms with Crippen LogP contribution < -0.4 is 0 Å². The highest BCUT2D eigenvalue weighted by Crippen LogP contribution is 2.68. The normalized spacial score (nSPS) is 33.2. The maximum absolute atomic E-state index is 15.8.